The number of benzene rings is 4. The van der Waals surface area contributed by atoms with Crippen molar-refractivity contribution in [3.8, 4) is 0 Å². The number of para-hydroxylation sites is 1. The molecule has 11 heteroatoms. The van der Waals surface area contributed by atoms with E-state index in [1.54, 1.807) is 54.6 Å². The van der Waals surface area contributed by atoms with E-state index < -0.39 is 28.5 Å². The molecule has 0 radical (unpaired) electrons. The van der Waals surface area contributed by atoms with Crippen LogP contribution in [0.4, 0.5) is 5.69 Å². The van der Waals surface area contributed by atoms with Crippen molar-refractivity contribution in [3.63, 3.8) is 0 Å². The van der Waals surface area contributed by atoms with Crippen LogP contribution in [0.25, 0.3) is 0 Å². The van der Waals surface area contributed by atoms with Crippen LogP contribution in [0.5, 0.6) is 0 Å². The Morgan fingerprint density at radius 3 is 2.09 bits per heavy atom. The summed E-state index contributed by atoms with van der Waals surface area (Å²) in [5.41, 5.74) is 2.45. The van der Waals surface area contributed by atoms with Crippen molar-refractivity contribution in [2.75, 3.05) is 10.8 Å². The summed E-state index contributed by atoms with van der Waals surface area (Å²) in [5.74, 6) is -0.973. The minimum absolute atomic E-state index is 0.00259. The molecular weight excluding hydrogens is 665 g/mol. The first kappa shape index (κ1) is 35.3. The Hall–Kier alpha value is -3.56. The Kier molecular flexibility index (Phi) is 12.1. The van der Waals surface area contributed by atoms with Crippen LogP contribution < -0.4 is 9.62 Å². The Balaban J connectivity index is 1.83. The molecule has 1 N–H and O–H groups in total. The van der Waals surface area contributed by atoms with Gasteiger partial charge in [0.05, 0.1) is 25.7 Å². The molecule has 4 aromatic rings. The highest BCUT2D eigenvalue weighted by molar-refractivity contribution is 7.92. The highest BCUT2D eigenvalue weighted by Crippen LogP contribution is 2.31. The number of carbonyl (C=O) groups is 2. The minimum atomic E-state index is -4.27. The lowest BCUT2D eigenvalue weighted by Gasteiger charge is -2.34. The Labute approximate surface area is 286 Å². The lowest BCUT2D eigenvalue weighted by Crippen LogP contribution is -2.54. The van der Waals surface area contributed by atoms with Gasteiger partial charge in [0.15, 0.2) is 0 Å². The van der Waals surface area contributed by atoms with E-state index in [0.717, 1.165) is 15.4 Å². The van der Waals surface area contributed by atoms with Crippen molar-refractivity contribution in [1.29, 1.82) is 0 Å². The number of rotatable bonds is 13. The number of carbonyl (C=O) groups excluding carboxylic acids is 2. The van der Waals surface area contributed by atoms with Gasteiger partial charge in [-0.3, -0.25) is 13.9 Å². The summed E-state index contributed by atoms with van der Waals surface area (Å²) in [6.45, 7) is 5.03. The summed E-state index contributed by atoms with van der Waals surface area (Å²) in [5, 5.41) is 3.79. The van der Waals surface area contributed by atoms with Gasteiger partial charge in [-0.25, -0.2) is 8.42 Å². The zero-order valence-electron chi connectivity index (χ0n) is 25.8. The van der Waals surface area contributed by atoms with E-state index in [2.05, 4.69) is 5.32 Å². The Morgan fingerprint density at radius 1 is 0.804 bits per heavy atom. The van der Waals surface area contributed by atoms with Gasteiger partial charge in [0.2, 0.25) is 11.8 Å². The van der Waals surface area contributed by atoms with Gasteiger partial charge in [-0.1, -0.05) is 108 Å². The summed E-state index contributed by atoms with van der Waals surface area (Å²) in [7, 11) is -4.27. The predicted molar refractivity (Wildman–Crippen MR) is 186 cm³/mol. The van der Waals surface area contributed by atoms with Gasteiger partial charge in [0.25, 0.3) is 10.0 Å². The molecule has 0 aliphatic carbocycles. The number of hydrogen-bond donors (Lipinski definition) is 1. The van der Waals surface area contributed by atoms with Gasteiger partial charge in [0, 0.05) is 19.0 Å². The van der Waals surface area contributed by atoms with Crippen LogP contribution in [0.1, 0.15) is 37.0 Å². The maximum atomic E-state index is 14.6. The smallest absolute Gasteiger partial charge is 0.264 e. The first-order valence-electron chi connectivity index (χ1n) is 14.8. The number of halogens is 3. The molecule has 0 aliphatic heterocycles. The molecule has 4 aromatic carbocycles. The number of nitrogens with one attached hydrogen (secondary N) is 1. The molecule has 242 valence electrons. The number of anilines is 1. The van der Waals surface area contributed by atoms with Crippen molar-refractivity contribution in [3.05, 3.63) is 129 Å². The lowest BCUT2D eigenvalue weighted by molar-refractivity contribution is -0.140. The molecule has 0 fully saturated rings. The number of aryl methyl sites for hydroxylation is 1. The van der Waals surface area contributed by atoms with Crippen LogP contribution in [-0.2, 0) is 32.6 Å². The summed E-state index contributed by atoms with van der Waals surface area (Å²) in [4.78, 5) is 29.9. The molecular formula is C35H36Cl3N3O4S. The monoisotopic (exact) mass is 699 g/mol. The van der Waals surface area contributed by atoms with E-state index >= 15 is 0 Å². The molecule has 2 amide bonds. The van der Waals surface area contributed by atoms with E-state index in [0.29, 0.717) is 17.0 Å². The second-order valence-electron chi connectivity index (χ2n) is 11.1. The van der Waals surface area contributed by atoms with Gasteiger partial charge in [-0.05, 0) is 67.8 Å². The molecule has 0 spiro atoms. The van der Waals surface area contributed by atoms with Crippen molar-refractivity contribution in [2.24, 2.45) is 0 Å². The molecule has 2 atom stereocenters. The van der Waals surface area contributed by atoms with Crippen LogP contribution in [0.3, 0.4) is 0 Å². The number of hydrogen-bond acceptors (Lipinski definition) is 4. The van der Waals surface area contributed by atoms with Crippen molar-refractivity contribution >= 4 is 62.3 Å². The lowest BCUT2D eigenvalue weighted by atomic mass is 10.0. The minimum Gasteiger partial charge on any atom is -0.352 e. The third kappa shape index (κ3) is 8.82. The second-order valence-corrected chi connectivity index (χ2v) is 14.2. The zero-order chi connectivity index (χ0) is 33.4. The normalized spacial score (nSPS) is 12.7. The fourth-order valence-corrected chi connectivity index (χ4v) is 6.88. The Morgan fingerprint density at radius 2 is 1.46 bits per heavy atom. The highest BCUT2D eigenvalue weighted by Gasteiger charge is 2.35. The molecule has 0 bridgehead atoms. The van der Waals surface area contributed by atoms with Crippen LogP contribution in [0.2, 0.25) is 15.1 Å². The molecule has 7 nitrogen and oxygen atoms in total. The average molecular weight is 701 g/mol. The summed E-state index contributed by atoms with van der Waals surface area (Å²) >= 11 is 19.1. The third-order valence-corrected chi connectivity index (χ3v) is 10.5. The molecule has 0 heterocycles. The van der Waals surface area contributed by atoms with Crippen LogP contribution in [0.15, 0.2) is 102 Å². The SMILES string of the molecule is CC[C@H](C)NC(=O)[C@@H](Cc1ccccc1)N(Cc1ccc(Cl)c(Cl)c1)C(=O)CN(c1ccccc1Cl)S(=O)(=O)c1ccc(C)cc1. The standard InChI is InChI=1S/C35H36Cl3N3O4S/c1-4-25(3)39-35(43)33(21-26-10-6-5-7-11-26)40(22-27-16-19-29(36)31(38)20-27)34(42)23-41(32-13-9-8-12-30(32)37)46(44,45)28-17-14-24(2)15-18-28/h5-20,25,33H,4,21-23H2,1-3H3,(H,39,43)/t25-,33+/m0/s1. The van der Waals surface area contributed by atoms with Gasteiger partial charge >= 0.3 is 0 Å². The van der Waals surface area contributed by atoms with Gasteiger partial charge in [-0.15, -0.1) is 0 Å². The quantitative estimate of drug-likeness (QED) is 0.155. The maximum Gasteiger partial charge on any atom is 0.264 e. The third-order valence-electron chi connectivity index (χ3n) is 7.62. The first-order valence-corrected chi connectivity index (χ1v) is 17.4. The van der Waals surface area contributed by atoms with Crippen LogP contribution in [0, 0.1) is 6.92 Å². The van der Waals surface area contributed by atoms with E-state index in [1.165, 1.54) is 17.0 Å². The average Bonchev–Trinajstić information content (AvgIpc) is 3.04. The summed E-state index contributed by atoms with van der Waals surface area (Å²) < 4.78 is 29.3. The van der Waals surface area contributed by atoms with E-state index in [1.807, 2.05) is 51.1 Å². The van der Waals surface area contributed by atoms with Gasteiger partial charge in [-0.2, -0.15) is 0 Å². The maximum absolute atomic E-state index is 14.6. The second kappa shape index (κ2) is 15.8. The number of amides is 2. The molecule has 0 aliphatic rings. The predicted octanol–water partition coefficient (Wildman–Crippen LogP) is 7.71. The van der Waals surface area contributed by atoms with Crippen molar-refractivity contribution < 1.29 is 18.0 Å². The van der Waals surface area contributed by atoms with Gasteiger partial charge < -0.3 is 10.2 Å². The largest absolute Gasteiger partial charge is 0.352 e. The van der Waals surface area contributed by atoms with Crippen LogP contribution >= 0.6 is 34.8 Å². The summed E-state index contributed by atoms with van der Waals surface area (Å²) in [6, 6.07) is 25.9. The van der Waals surface area contributed by atoms with Crippen molar-refractivity contribution in [2.45, 2.75) is 57.1 Å². The molecule has 0 aromatic heterocycles. The van der Waals surface area contributed by atoms with Crippen LogP contribution in [-0.4, -0.2) is 43.8 Å². The molecule has 0 saturated carbocycles. The Bertz CT molecular complexity index is 1770. The fraction of sp³-hybridized carbons (Fsp3) is 0.257. The zero-order valence-corrected chi connectivity index (χ0v) is 28.9. The molecule has 46 heavy (non-hydrogen) atoms. The molecule has 0 unspecified atom stereocenters. The van der Waals surface area contributed by atoms with E-state index in [-0.39, 0.29) is 45.5 Å². The van der Waals surface area contributed by atoms with E-state index in [4.69, 9.17) is 34.8 Å². The molecule has 0 saturated heterocycles. The molecule has 4 rings (SSSR count). The summed E-state index contributed by atoms with van der Waals surface area (Å²) in [6.07, 6.45) is 0.868. The van der Waals surface area contributed by atoms with Gasteiger partial charge in [0.1, 0.15) is 12.6 Å². The first-order chi connectivity index (χ1) is 21.9. The topological polar surface area (TPSA) is 86.8 Å². The van der Waals surface area contributed by atoms with Crippen molar-refractivity contribution in [1.82, 2.24) is 10.2 Å². The fourth-order valence-electron chi connectivity index (χ4n) is 4.83. The number of nitrogens with zero attached hydrogens (tertiary/aromatic N) is 2. The van der Waals surface area contributed by atoms with E-state index in [9.17, 15) is 18.0 Å². The number of sulfonamides is 1. The highest BCUT2D eigenvalue weighted by atomic mass is 35.5.